The zero-order chi connectivity index (χ0) is 20.8. The highest BCUT2D eigenvalue weighted by atomic mass is 19.4. The standard InChI is InChI=1S/C20H17F3N4O2/c1-12-8-17(28)27(11-24-12)10-14-4-5-15-16(9-14)25-18(29)26-19(15,20(21,22)23)7-6-13-2-3-13/h4-5,8-9,11,13H,2-3,10H2,1H3,(H2,25,26,29)/t19-/m0/s1. The number of fused-ring (bicyclic) bond motifs is 1. The summed E-state index contributed by atoms with van der Waals surface area (Å²) in [6, 6.07) is 4.60. The van der Waals surface area contributed by atoms with Crippen LogP contribution in [0.25, 0.3) is 0 Å². The maximum absolute atomic E-state index is 14.1. The molecule has 6 nitrogen and oxygen atoms in total. The summed E-state index contributed by atoms with van der Waals surface area (Å²) in [6.07, 6.45) is -1.91. The Balaban J connectivity index is 1.77. The molecule has 0 unspecified atom stereocenters. The normalized spacial score (nSPS) is 20.8. The molecule has 4 rings (SSSR count). The smallest absolute Gasteiger partial charge is 0.310 e. The molecule has 0 radical (unpaired) electrons. The van der Waals surface area contributed by atoms with Gasteiger partial charge in [0.05, 0.1) is 12.9 Å². The fourth-order valence-corrected chi connectivity index (χ4v) is 3.17. The summed E-state index contributed by atoms with van der Waals surface area (Å²) in [5.74, 6) is 4.87. The number of urea groups is 1. The molecule has 1 aliphatic carbocycles. The Kier molecular flexibility index (Phi) is 4.37. The predicted octanol–water partition coefficient (Wildman–Crippen LogP) is 2.91. The minimum atomic E-state index is -4.80. The first-order valence-corrected chi connectivity index (χ1v) is 9.03. The quantitative estimate of drug-likeness (QED) is 0.759. The van der Waals surface area contributed by atoms with Crippen molar-refractivity contribution in [3.8, 4) is 11.8 Å². The molecule has 1 aliphatic heterocycles. The largest absolute Gasteiger partial charge is 0.427 e. The van der Waals surface area contributed by atoms with Crippen molar-refractivity contribution in [3.05, 3.63) is 57.8 Å². The SMILES string of the molecule is Cc1cc(=O)n(Cc2ccc3c(c2)NC(=O)N[C@]3(C#CC2CC2)C(F)(F)F)cn1. The Morgan fingerprint density at radius 3 is 2.69 bits per heavy atom. The van der Waals surface area contributed by atoms with Crippen LogP contribution in [-0.4, -0.2) is 21.8 Å². The van der Waals surface area contributed by atoms with Crippen LogP contribution in [-0.2, 0) is 12.1 Å². The van der Waals surface area contributed by atoms with Gasteiger partial charge in [-0.3, -0.25) is 9.36 Å². The van der Waals surface area contributed by atoms with E-state index in [0.717, 1.165) is 12.8 Å². The van der Waals surface area contributed by atoms with Gasteiger partial charge in [0.2, 0.25) is 5.54 Å². The lowest BCUT2D eigenvalue weighted by Crippen LogP contribution is -2.59. The second-order valence-electron chi connectivity index (χ2n) is 7.25. The molecule has 0 bridgehead atoms. The summed E-state index contributed by atoms with van der Waals surface area (Å²) in [4.78, 5) is 28.2. The van der Waals surface area contributed by atoms with E-state index < -0.39 is 17.7 Å². The Morgan fingerprint density at radius 2 is 2.03 bits per heavy atom. The van der Waals surface area contributed by atoms with E-state index in [9.17, 15) is 22.8 Å². The van der Waals surface area contributed by atoms with Crippen molar-refractivity contribution in [1.29, 1.82) is 0 Å². The highest BCUT2D eigenvalue weighted by Crippen LogP contribution is 2.44. The summed E-state index contributed by atoms with van der Waals surface area (Å²) < 4.78 is 43.5. The summed E-state index contributed by atoms with van der Waals surface area (Å²) >= 11 is 0. The first-order valence-electron chi connectivity index (χ1n) is 9.03. The van der Waals surface area contributed by atoms with Crippen LogP contribution < -0.4 is 16.2 Å². The van der Waals surface area contributed by atoms with Gasteiger partial charge in [-0.2, -0.15) is 13.2 Å². The molecule has 2 amide bonds. The van der Waals surface area contributed by atoms with Crippen LogP contribution in [0.15, 0.2) is 35.4 Å². The van der Waals surface area contributed by atoms with Gasteiger partial charge in [0.1, 0.15) is 0 Å². The zero-order valence-corrected chi connectivity index (χ0v) is 15.4. The van der Waals surface area contributed by atoms with E-state index in [4.69, 9.17) is 0 Å². The van der Waals surface area contributed by atoms with Gasteiger partial charge in [0, 0.05) is 28.9 Å². The van der Waals surface area contributed by atoms with Gasteiger partial charge < -0.3 is 10.6 Å². The maximum Gasteiger partial charge on any atom is 0.427 e. The van der Waals surface area contributed by atoms with E-state index in [1.807, 2.05) is 5.32 Å². The number of rotatable bonds is 2. The number of carbonyl (C=O) groups excluding carboxylic acids is 1. The minimum Gasteiger partial charge on any atom is -0.310 e. The fourth-order valence-electron chi connectivity index (χ4n) is 3.17. The molecule has 0 saturated heterocycles. The van der Waals surface area contributed by atoms with Gasteiger partial charge in [-0.1, -0.05) is 24.0 Å². The number of aromatic nitrogens is 2. The molecule has 2 aromatic rings. The van der Waals surface area contributed by atoms with Crippen molar-refractivity contribution >= 4 is 11.7 Å². The average molecular weight is 402 g/mol. The highest BCUT2D eigenvalue weighted by Gasteiger charge is 2.59. The van der Waals surface area contributed by atoms with Gasteiger partial charge in [0.15, 0.2) is 0 Å². The van der Waals surface area contributed by atoms with E-state index in [0.29, 0.717) is 11.3 Å². The van der Waals surface area contributed by atoms with Crippen LogP contribution in [0, 0.1) is 24.7 Å². The third-order valence-corrected chi connectivity index (χ3v) is 4.87. The predicted molar refractivity (Wildman–Crippen MR) is 99.2 cm³/mol. The van der Waals surface area contributed by atoms with Crippen LogP contribution in [0.5, 0.6) is 0 Å². The number of hydrogen-bond donors (Lipinski definition) is 2. The van der Waals surface area contributed by atoms with Gasteiger partial charge >= 0.3 is 12.2 Å². The van der Waals surface area contributed by atoms with Gasteiger partial charge in [-0.05, 0) is 31.4 Å². The fraction of sp³-hybridized carbons (Fsp3) is 0.350. The lowest BCUT2D eigenvalue weighted by molar-refractivity contribution is -0.178. The molecule has 1 fully saturated rings. The molecular formula is C20H17F3N4O2. The van der Waals surface area contributed by atoms with E-state index in [2.05, 4.69) is 22.1 Å². The number of halogens is 3. The summed E-state index contributed by atoms with van der Waals surface area (Å²) in [7, 11) is 0. The molecule has 150 valence electrons. The lowest BCUT2D eigenvalue weighted by Gasteiger charge is -2.37. The van der Waals surface area contributed by atoms with Crippen LogP contribution in [0.1, 0.15) is 29.7 Å². The van der Waals surface area contributed by atoms with Crippen molar-refractivity contribution in [2.75, 3.05) is 5.32 Å². The summed E-state index contributed by atoms with van der Waals surface area (Å²) in [6.45, 7) is 1.79. The average Bonchev–Trinajstić information content (AvgIpc) is 3.45. The zero-order valence-electron chi connectivity index (χ0n) is 15.4. The number of carbonyl (C=O) groups is 1. The summed E-state index contributed by atoms with van der Waals surface area (Å²) in [5, 5.41) is 4.40. The number of hydrogen-bond acceptors (Lipinski definition) is 3. The highest BCUT2D eigenvalue weighted by molar-refractivity contribution is 5.95. The Hall–Kier alpha value is -3.28. The van der Waals surface area contributed by atoms with Crippen molar-refractivity contribution in [2.45, 2.75) is 38.0 Å². The van der Waals surface area contributed by atoms with Crippen LogP contribution in [0.2, 0.25) is 0 Å². The molecule has 9 heteroatoms. The van der Waals surface area contributed by atoms with E-state index >= 15 is 0 Å². The lowest BCUT2D eigenvalue weighted by atomic mass is 9.85. The maximum atomic E-state index is 14.1. The van der Waals surface area contributed by atoms with Gasteiger partial charge in [0.25, 0.3) is 5.56 Å². The van der Waals surface area contributed by atoms with E-state index in [1.165, 1.54) is 35.2 Å². The van der Waals surface area contributed by atoms with Crippen LogP contribution >= 0.6 is 0 Å². The molecule has 2 heterocycles. The number of aryl methyl sites for hydroxylation is 1. The van der Waals surface area contributed by atoms with E-state index in [1.54, 1.807) is 6.92 Å². The van der Waals surface area contributed by atoms with Crippen LogP contribution in [0.4, 0.5) is 23.7 Å². The van der Waals surface area contributed by atoms with Crippen molar-refractivity contribution < 1.29 is 18.0 Å². The molecule has 1 atom stereocenters. The first kappa shape index (κ1) is 19.1. The Labute approximate surface area is 164 Å². The number of benzene rings is 1. The molecule has 2 aliphatic rings. The molecule has 1 aromatic carbocycles. The summed E-state index contributed by atoms with van der Waals surface area (Å²) in [5.41, 5.74) is -2.09. The molecule has 1 saturated carbocycles. The second-order valence-corrected chi connectivity index (χ2v) is 7.25. The number of anilines is 1. The number of amides is 2. The number of nitrogens with one attached hydrogen (secondary N) is 2. The van der Waals surface area contributed by atoms with E-state index in [-0.39, 0.29) is 29.3 Å². The van der Waals surface area contributed by atoms with Crippen molar-refractivity contribution in [3.63, 3.8) is 0 Å². The second kappa shape index (κ2) is 6.65. The molecule has 29 heavy (non-hydrogen) atoms. The Bertz CT molecular complexity index is 1110. The third-order valence-electron chi connectivity index (χ3n) is 4.87. The monoisotopic (exact) mass is 402 g/mol. The van der Waals surface area contributed by atoms with Gasteiger partial charge in [-0.15, -0.1) is 0 Å². The molecule has 0 spiro atoms. The molecular weight excluding hydrogens is 385 g/mol. The Morgan fingerprint density at radius 1 is 1.28 bits per heavy atom. The van der Waals surface area contributed by atoms with Crippen molar-refractivity contribution in [1.82, 2.24) is 14.9 Å². The van der Waals surface area contributed by atoms with Crippen LogP contribution in [0.3, 0.4) is 0 Å². The van der Waals surface area contributed by atoms with Gasteiger partial charge in [-0.25, -0.2) is 9.78 Å². The number of alkyl halides is 3. The molecule has 2 N–H and O–H groups in total. The van der Waals surface area contributed by atoms with Crippen molar-refractivity contribution in [2.24, 2.45) is 5.92 Å². The minimum absolute atomic E-state index is 0.0155. The number of nitrogens with zero attached hydrogens (tertiary/aromatic N) is 2. The first-order chi connectivity index (χ1) is 13.7. The third kappa shape index (κ3) is 3.58. The molecule has 1 aromatic heterocycles. The topological polar surface area (TPSA) is 76.0 Å².